The van der Waals surface area contributed by atoms with Gasteiger partial charge in [-0.1, -0.05) is 6.92 Å². The van der Waals surface area contributed by atoms with E-state index in [-0.39, 0.29) is 23.9 Å². The van der Waals surface area contributed by atoms with Crippen molar-refractivity contribution in [2.75, 3.05) is 33.2 Å². The summed E-state index contributed by atoms with van der Waals surface area (Å²) in [5.41, 5.74) is -0.0818. The molecule has 0 bridgehead atoms. The zero-order valence-corrected chi connectivity index (χ0v) is 13.6. The van der Waals surface area contributed by atoms with E-state index in [1.165, 1.54) is 12.8 Å². The summed E-state index contributed by atoms with van der Waals surface area (Å²) in [6, 6.07) is 0. The minimum absolute atomic E-state index is 0. The van der Waals surface area contributed by atoms with Crippen molar-refractivity contribution < 1.29 is 4.79 Å². The van der Waals surface area contributed by atoms with Crippen molar-refractivity contribution in [1.29, 1.82) is 0 Å². The molecule has 0 saturated carbocycles. The van der Waals surface area contributed by atoms with Crippen molar-refractivity contribution in [2.24, 2.45) is 5.92 Å². The fourth-order valence-electron chi connectivity index (χ4n) is 2.35. The molecule has 0 atom stereocenters. The lowest BCUT2D eigenvalue weighted by Crippen LogP contribution is -2.49. The van der Waals surface area contributed by atoms with Crippen LogP contribution < -0.4 is 10.6 Å². The highest BCUT2D eigenvalue weighted by molar-refractivity contribution is 5.85. The molecule has 1 aliphatic rings. The molecule has 0 unspecified atom stereocenters. The van der Waals surface area contributed by atoms with E-state index in [1.807, 2.05) is 7.05 Å². The number of hydrogen-bond acceptors (Lipinski definition) is 3. The number of amides is 1. The third-order valence-corrected chi connectivity index (χ3v) is 3.93. The number of hydrogen-bond donors (Lipinski definition) is 2. The SMILES string of the molecule is CCC(C)(C)NC(=O)CN1CCC(CNC)CC1.Cl. The van der Waals surface area contributed by atoms with Gasteiger partial charge in [0, 0.05) is 5.54 Å². The van der Waals surface area contributed by atoms with E-state index in [9.17, 15) is 4.79 Å². The topological polar surface area (TPSA) is 44.4 Å². The van der Waals surface area contributed by atoms with Gasteiger partial charge < -0.3 is 10.6 Å². The fraction of sp³-hybridized carbons (Fsp3) is 0.929. The lowest BCUT2D eigenvalue weighted by molar-refractivity contribution is -0.124. The number of carbonyl (C=O) groups excluding carboxylic acids is 1. The fourth-order valence-corrected chi connectivity index (χ4v) is 2.35. The van der Waals surface area contributed by atoms with Crippen LogP contribution in [0.3, 0.4) is 0 Å². The Morgan fingerprint density at radius 3 is 2.37 bits per heavy atom. The van der Waals surface area contributed by atoms with Crippen LogP contribution in [0.15, 0.2) is 0 Å². The predicted molar refractivity (Wildman–Crippen MR) is 82.9 cm³/mol. The third kappa shape index (κ3) is 7.14. The first kappa shape index (κ1) is 18.7. The molecule has 1 rings (SSSR count). The van der Waals surface area contributed by atoms with Gasteiger partial charge in [-0.25, -0.2) is 0 Å². The lowest BCUT2D eigenvalue weighted by Gasteiger charge is -2.32. The Morgan fingerprint density at radius 2 is 1.89 bits per heavy atom. The predicted octanol–water partition coefficient (Wildman–Crippen LogP) is 1.64. The maximum absolute atomic E-state index is 11.9. The maximum atomic E-state index is 11.9. The number of rotatable bonds is 6. The Bertz CT molecular complexity index is 263. The Kier molecular flexibility index (Phi) is 8.62. The van der Waals surface area contributed by atoms with Crippen molar-refractivity contribution in [2.45, 2.75) is 45.6 Å². The summed E-state index contributed by atoms with van der Waals surface area (Å²) in [5, 5.41) is 6.33. The molecule has 2 N–H and O–H groups in total. The van der Waals surface area contributed by atoms with Crippen molar-refractivity contribution in [1.82, 2.24) is 15.5 Å². The highest BCUT2D eigenvalue weighted by Crippen LogP contribution is 2.16. The van der Waals surface area contributed by atoms with Gasteiger partial charge in [0.15, 0.2) is 0 Å². The quantitative estimate of drug-likeness (QED) is 0.782. The van der Waals surface area contributed by atoms with E-state index in [4.69, 9.17) is 0 Å². The van der Waals surface area contributed by atoms with Crippen LogP contribution in [-0.4, -0.2) is 49.6 Å². The van der Waals surface area contributed by atoms with Gasteiger partial charge >= 0.3 is 0 Å². The average molecular weight is 292 g/mol. The van der Waals surface area contributed by atoms with Crippen LogP contribution in [0.5, 0.6) is 0 Å². The summed E-state index contributed by atoms with van der Waals surface area (Å²) in [5.74, 6) is 0.940. The van der Waals surface area contributed by atoms with Gasteiger partial charge in [-0.15, -0.1) is 12.4 Å². The molecule has 1 aliphatic heterocycles. The molecule has 5 heteroatoms. The zero-order chi connectivity index (χ0) is 13.6. The van der Waals surface area contributed by atoms with E-state index in [0.29, 0.717) is 6.54 Å². The molecule has 19 heavy (non-hydrogen) atoms. The van der Waals surface area contributed by atoms with Crippen molar-refractivity contribution in [3.63, 3.8) is 0 Å². The van der Waals surface area contributed by atoms with Crippen molar-refractivity contribution >= 4 is 18.3 Å². The molecule has 0 aromatic rings. The normalized spacial score (nSPS) is 17.9. The molecular weight excluding hydrogens is 262 g/mol. The lowest BCUT2D eigenvalue weighted by atomic mass is 9.97. The van der Waals surface area contributed by atoms with Crippen LogP contribution in [-0.2, 0) is 4.79 Å². The monoisotopic (exact) mass is 291 g/mol. The van der Waals surface area contributed by atoms with E-state index in [0.717, 1.165) is 32.0 Å². The molecule has 0 spiro atoms. The van der Waals surface area contributed by atoms with Crippen LogP contribution in [0, 0.1) is 5.92 Å². The molecule has 4 nitrogen and oxygen atoms in total. The molecule has 0 aliphatic carbocycles. The smallest absolute Gasteiger partial charge is 0.234 e. The Hall–Kier alpha value is -0.320. The van der Waals surface area contributed by atoms with Crippen molar-refractivity contribution in [3.05, 3.63) is 0 Å². The minimum atomic E-state index is -0.0818. The van der Waals surface area contributed by atoms with E-state index < -0.39 is 0 Å². The van der Waals surface area contributed by atoms with Crippen LogP contribution >= 0.6 is 12.4 Å². The summed E-state index contributed by atoms with van der Waals surface area (Å²) in [4.78, 5) is 14.2. The molecule has 0 aromatic heterocycles. The first-order chi connectivity index (χ1) is 8.46. The molecule has 1 amide bonds. The van der Waals surface area contributed by atoms with Crippen LogP contribution in [0.4, 0.5) is 0 Å². The largest absolute Gasteiger partial charge is 0.350 e. The van der Waals surface area contributed by atoms with Gasteiger partial charge in [0.2, 0.25) is 5.91 Å². The van der Waals surface area contributed by atoms with Gasteiger partial charge in [-0.05, 0) is 65.7 Å². The second-order valence-corrected chi connectivity index (χ2v) is 6.06. The first-order valence-corrected chi connectivity index (χ1v) is 7.15. The van der Waals surface area contributed by atoms with E-state index in [1.54, 1.807) is 0 Å². The van der Waals surface area contributed by atoms with Gasteiger partial charge in [0.1, 0.15) is 0 Å². The molecule has 1 heterocycles. The second kappa shape index (κ2) is 8.77. The standard InChI is InChI=1S/C14H29N3O.ClH/c1-5-14(2,3)16-13(18)11-17-8-6-12(7-9-17)10-15-4;/h12,15H,5-11H2,1-4H3,(H,16,18);1H. The molecule has 1 saturated heterocycles. The van der Waals surface area contributed by atoms with Crippen LogP contribution in [0.2, 0.25) is 0 Å². The van der Waals surface area contributed by atoms with E-state index >= 15 is 0 Å². The van der Waals surface area contributed by atoms with Gasteiger partial charge in [-0.3, -0.25) is 9.69 Å². The number of piperidine rings is 1. The third-order valence-electron chi connectivity index (χ3n) is 3.93. The summed E-state index contributed by atoms with van der Waals surface area (Å²) in [6.07, 6.45) is 3.36. The molecule has 0 aromatic carbocycles. The summed E-state index contributed by atoms with van der Waals surface area (Å²) < 4.78 is 0. The molecule has 114 valence electrons. The molecular formula is C14H30ClN3O. The highest BCUT2D eigenvalue weighted by Gasteiger charge is 2.23. The summed E-state index contributed by atoms with van der Waals surface area (Å²) in [7, 11) is 2.01. The van der Waals surface area contributed by atoms with Crippen molar-refractivity contribution in [3.8, 4) is 0 Å². The number of nitrogens with zero attached hydrogens (tertiary/aromatic N) is 1. The number of halogens is 1. The maximum Gasteiger partial charge on any atom is 0.234 e. The van der Waals surface area contributed by atoms with Gasteiger partial charge in [-0.2, -0.15) is 0 Å². The van der Waals surface area contributed by atoms with E-state index in [2.05, 4.69) is 36.3 Å². The van der Waals surface area contributed by atoms with Gasteiger partial charge in [0.05, 0.1) is 6.54 Å². The molecule has 0 radical (unpaired) electrons. The van der Waals surface area contributed by atoms with Gasteiger partial charge in [0.25, 0.3) is 0 Å². The summed E-state index contributed by atoms with van der Waals surface area (Å²) in [6.45, 7) is 9.99. The number of likely N-dealkylation sites (tertiary alicyclic amines) is 1. The Balaban J connectivity index is 0.00000324. The Morgan fingerprint density at radius 1 is 1.32 bits per heavy atom. The second-order valence-electron chi connectivity index (χ2n) is 6.06. The Labute approximate surface area is 124 Å². The zero-order valence-electron chi connectivity index (χ0n) is 12.8. The summed E-state index contributed by atoms with van der Waals surface area (Å²) >= 11 is 0. The minimum Gasteiger partial charge on any atom is -0.350 e. The first-order valence-electron chi connectivity index (χ1n) is 7.15. The number of nitrogens with one attached hydrogen (secondary N) is 2. The average Bonchev–Trinajstić information content (AvgIpc) is 2.31. The molecule has 1 fully saturated rings. The number of carbonyl (C=O) groups is 1. The van der Waals surface area contributed by atoms with Crippen LogP contribution in [0.1, 0.15) is 40.0 Å². The highest BCUT2D eigenvalue weighted by atomic mass is 35.5. The van der Waals surface area contributed by atoms with Crippen LogP contribution in [0.25, 0.3) is 0 Å².